The van der Waals surface area contributed by atoms with Gasteiger partial charge in [0.15, 0.2) is 0 Å². The summed E-state index contributed by atoms with van der Waals surface area (Å²) in [7, 11) is 0. The predicted octanol–water partition coefficient (Wildman–Crippen LogP) is 3.62. The lowest BCUT2D eigenvalue weighted by atomic mass is 9.82. The summed E-state index contributed by atoms with van der Waals surface area (Å²) >= 11 is 0. The standard InChI is InChI=1S/C23H25NO6/c1-6-28-22(26)18-13(4)30-14(5)19(23(27)29-7-2)20(18)16-11-15-10-12(3)8-9-17(15)24-21(16)25/h8-11,20H,6-7H2,1-5H3,(H,24,25). The number of fused-ring (bicyclic) bond motifs is 1. The molecule has 0 spiro atoms. The first-order chi connectivity index (χ1) is 14.3. The molecule has 158 valence electrons. The van der Waals surface area contributed by atoms with Crippen LogP contribution in [0.25, 0.3) is 10.9 Å². The Labute approximate surface area is 174 Å². The molecule has 1 aliphatic rings. The van der Waals surface area contributed by atoms with Crippen molar-refractivity contribution >= 4 is 22.8 Å². The van der Waals surface area contributed by atoms with Crippen LogP contribution in [-0.4, -0.2) is 30.1 Å². The summed E-state index contributed by atoms with van der Waals surface area (Å²) in [4.78, 5) is 41.5. The van der Waals surface area contributed by atoms with E-state index in [0.717, 1.165) is 10.9 Å². The van der Waals surface area contributed by atoms with E-state index in [0.29, 0.717) is 5.52 Å². The monoisotopic (exact) mass is 411 g/mol. The highest BCUT2D eigenvalue weighted by Crippen LogP contribution is 2.40. The maximum Gasteiger partial charge on any atom is 0.338 e. The van der Waals surface area contributed by atoms with Crippen LogP contribution in [0.15, 0.2) is 51.7 Å². The summed E-state index contributed by atoms with van der Waals surface area (Å²) in [5, 5.41) is 0.790. The molecule has 1 aromatic heterocycles. The van der Waals surface area contributed by atoms with Crippen molar-refractivity contribution in [2.45, 2.75) is 40.5 Å². The Balaban J connectivity index is 2.30. The second-order valence-electron chi connectivity index (χ2n) is 7.06. The van der Waals surface area contributed by atoms with E-state index in [2.05, 4.69) is 4.98 Å². The summed E-state index contributed by atoms with van der Waals surface area (Å²) in [6, 6.07) is 7.35. The highest BCUT2D eigenvalue weighted by Gasteiger charge is 2.40. The molecule has 30 heavy (non-hydrogen) atoms. The van der Waals surface area contributed by atoms with Crippen LogP contribution in [0.4, 0.5) is 0 Å². The number of allylic oxidation sites excluding steroid dienone is 2. The number of aryl methyl sites for hydroxylation is 1. The topological polar surface area (TPSA) is 94.7 Å². The molecule has 0 amide bonds. The number of hydrogen-bond acceptors (Lipinski definition) is 6. The van der Waals surface area contributed by atoms with Crippen molar-refractivity contribution in [3.63, 3.8) is 0 Å². The van der Waals surface area contributed by atoms with Crippen LogP contribution in [0, 0.1) is 6.92 Å². The number of ether oxygens (including phenoxy) is 3. The van der Waals surface area contributed by atoms with Gasteiger partial charge in [-0.2, -0.15) is 0 Å². The number of carbonyl (C=O) groups excluding carboxylic acids is 2. The van der Waals surface area contributed by atoms with Crippen LogP contribution < -0.4 is 5.56 Å². The SMILES string of the molecule is CCOC(=O)C1=C(C)OC(C)=C(C(=O)OCC)C1c1cc2cc(C)ccc2[nH]c1=O. The third-order valence-electron chi connectivity index (χ3n) is 4.97. The van der Waals surface area contributed by atoms with Gasteiger partial charge in [-0.05, 0) is 58.2 Å². The van der Waals surface area contributed by atoms with E-state index in [1.807, 2.05) is 25.1 Å². The fourth-order valence-corrected chi connectivity index (χ4v) is 3.70. The van der Waals surface area contributed by atoms with E-state index >= 15 is 0 Å². The van der Waals surface area contributed by atoms with E-state index in [1.165, 1.54) is 0 Å². The van der Waals surface area contributed by atoms with Crippen molar-refractivity contribution < 1.29 is 23.8 Å². The van der Waals surface area contributed by atoms with Crippen molar-refractivity contribution in [1.82, 2.24) is 4.98 Å². The van der Waals surface area contributed by atoms with Gasteiger partial charge in [0.1, 0.15) is 11.5 Å². The molecule has 0 bridgehead atoms. The lowest BCUT2D eigenvalue weighted by Gasteiger charge is -2.29. The minimum absolute atomic E-state index is 0.114. The zero-order chi connectivity index (χ0) is 22.0. The van der Waals surface area contributed by atoms with Crippen molar-refractivity contribution in [3.05, 3.63) is 68.4 Å². The molecule has 1 aromatic carbocycles. The molecule has 0 atom stereocenters. The Kier molecular flexibility index (Phi) is 6.10. The van der Waals surface area contributed by atoms with E-state index < -0.39 is 23.4 Å². The quantitative estimate of drug-likeness (QED) is 0.755. The summed E-state index contributed by atoms with van der Waals surface area (Å²) in [6.45, 7) is 8.84. The van der Waals surface area contributed by atoms with E-state index in [-0.39, 0.29) is 41.4 Å². The van der Waals surface area contributed by atoms with Gasteiger partial charge in [-0.3, -0.25) is 4.79 Å². The van der Waals surface area contributed by atoms with Gasteiger partial charge in [-0.15, -0.1) is 0 Å². The molecule has 2 aromatic rings. The van der Waals surface area contributed by atoms with E-state index in [4.69, 9.17) is 14.2 Å². The molecular formula is C23H25NO6. The van der Waals surface area contributed by atoms with Gasteiger partial charge in [0, 0.05) is 11.1 Å². The maximum absolute atomic E-state index is 13.0. The minimum atomic E-state index is -0.967. The smallest absolute Gasteiger partial charge is 0.338 e. The van der Waals surface area contributed by atoms with E-state index in [9.17, 15) is 14.4 Å². The Hall–Kier alpha value is -3.35. The fourth-order valence-electron chi connectivity index (χ4n) is 3.70. The van der Waals surface area contributed by atoms with Gasteiger partial charge in [-0.25, -0.2) is 9.59 Å². The summed E-state index contributed by atoms with van der Waals surface area (Å²) in [5.74, 6) is -1.68. The van der Waals surface area contributed by atoms with Crippen LogP contribution in [0.2, 0.25) is 0 Å². The van der Waals surface area contributed by atoms with Crippen LogP contribution >= 0.6 is 0 Å². The average molecular weight is 411 g/mol. The molecule has 0 radical (unpaired) electrons. The Morgan fingerprint density at radius 3 is 2.07 bits per heavy atom. The lowest BCUT2D eigenvalue weighted by molar-refractivity contribution is -0.140. The maximum atomic E-state index is 13.0. The van der Waals surface area contributed by atoms with Crippen molar-refractivity contribution in [1.29, 1.82) is 0 Å². The molecule has 0 fully saturated rings. The zero-order valence-electron chi connectivity index (χ0n) is 17.8. The summed E-state index contributed by atoms with van der Waals surface area (Å²) in [6.07, 6.45) is 0. The molecule has 0 aliphatic carbocycles. The van der Waals surface area contributed by atoms with Crippen LogP contribution in [0.1, 0.15) is 44.7 Å². The second-order valence-corrected chi connectivity index (χ2v) is 7.06. The summed E-state index contributed by atoms with van der Waals surface area (Å²) < 4.78 is 16.1. The number of esters is 2. The number of benzene rings is 1. The molecule has 7 heteroatoms. The minimum Gasteiger partial charge on any atom is -0.465 e. The van der Waals surface area contributed by atoms with Crippen molar-refractivity contribution in [3.8, 4) is 0 Å². The molecule has 7 nitrogen and oxygen atoms in total. The van der Waals surface area contributed by atoms with Crippen LogP contribution in [-0.2, 0) is 23.8 Å². The molecule has 2 heterocycles. The van der Waals surface area contributed by atoms with Crippen LogP contribution in [0.3, 0.4) is 0 Å². The van der Waals surface area contributed by atoms with Crippen molar-refractivity contribution in [2.75, 3.05) is 13.2 Å². The molecule has 0 unspecified atom stereocenters. The second kappa shape index (κ2) is 8.57. The van der Waals surface area contributed by atoms with Gasteiger partial charge in [0.2, 0.25) is 0 Å². The third-order valence-corrected chi connectivity index (χ3v) is 4.97. The van der Waals surface area contributed by atoms with E-state index in [1.54, 1.807) is 33.8 Å². The number of pyridine rings is 1. The molecule has 3 rings (SSSR count). The Morgan fingerprint density at radius 2 is 1.53 bits per heavy atom. The van der Waals surface area contributed by atoms with Gasteiger partial charge >= 0.3 is 11.9 Å². The number of hydrogen-bond donors (Lipinski definition) is 1. The number of nitrogens with one attached hydrogen (secondary N) is 1. The zero-order valence-corrected chi connectivity index (χ0v) is 17.8. The Bertz CT molecular complexity index is 1100. The van der Waals surface area contributed by atoms with Gasteiger partial charge < -0.3 is 19.2 Å². The molecule has 1 aliphatic heterocycles. The average Bonchev–Trinajstić information content (AvgIpc) is 2.67. The van der Waals surface area contributed by atoms with Gasteiger partial charge in [-0.1, -0.05) is 11.6 Å². The number of H-pyrrole nitrogens is 1. The third kappa shape index (κ3) is 3.87. The molecule has 1 N–H and O–H groups in total. The predicted molar refractivity (Wildman–Crippen MR) is 112 cm³/mol. The first kappa shape index (κ1) is 21.4. The number of aromatic nitrogens is 1. The highest BCUT2D eigenvalue weighted by molar-refractivity contribution is 5.99. The van der Waals surface area contributed by atoms with Crippen LogP contribution in [0.5, 0.6) is 0 Å². The van der Waals surface area contributed by atoms with Crippen molar-refractivity contribution in [2.24, 2.45) is 0 Å². The first-order valence-corrected chi connectivity index (χ1v) is 9.85. The fraction of sp³-hybridized carbons (Fsp3) is 0.348. The molecular weight excluding hydrogens is 386 g/mol. The molecule has 0 saturated carbocycles. The lowest BCUT2D eigenvalue weighted by Crippen LogP contribution is -2.31. The Morgan fingerprint density at radius 1 is 0.967 bits per heavy atom. The first-order valence-electron chi connectivity index (χ1n) is 9.85. The summed E-state index contributed by atoms with van der Waals surface area (Å²) in [5.41, 5.74) is 1.76. The number of aromatic amines is 1. The highest BCUT2D eigenvalue weighted by atomic mass is 16.5. The number of carbonyl (C=O) groups is 2. The number of rotatable bonds is 5. The molecule has 0 saturated heterocycles. The van der Waals surface area contributed by atoms with Gasteiger partial charge in [0.25, 0.3) is 5.56 Å². The van der Waals surface area contributed by atoms with Gasteiger partial charge in [0.05, 0.1) is 30.3 Å². The largest absolute Gasteiger partial charge is 0.465 e. The normalized spacial score (nSPS) is 14.7.